The van der Waals surface area contributed by atoms with Gasteiger partial charge in [-0.15, -0.1) is 0 Å². The highest BCUT2D eigenvalue weighted by atomic mass is 14.7. The molecule has 0 saturated carbocycles. The molecule has 56 valence electrons. The van der Waals surface area contributed by atoms with Gasteiger partial charge < -0.3 is 4.85 Å². The van der Waals surface area contributed by atoms with Gasteiger partial charge in [-0.05, 0) is 24.6 Å². The SMILES string of the molecule is [C-]#[N+]CCc1ccnc(C)c1. The molecule has 11 heavy (non-hydrogen) atoms. The summed E-state index contributed by atoms with van der Waals surface area (Å²) < 4.78 is 0. The molecule has 1 rings (SSSR count). The smallest absolute Gasteiger partial charge is 0.218 e. The summed E-state index contributed by atoms with van der Waals surface area (Å²) in [5.41, 5.74) is 2.22. The molecule has 0 spiro atoms. The summed E-state index contributed by atoms with van der Waals surface area (Å²) in [6.07, 6.45) is 2.63. The number of pyridine rings is 1. The average Bonchev–Trinajstić information content (AvgIpc) is 2.01. The van der Waals surface area contributed by atoms with Crippen LogP contribution >= 0.6 is 0 Å². The molecule has 0 fully saturated rings. The van der Waals surface area contributed by atoms with Crippen molar-refractivity contribution in [2.75, 3.05) is 6.54 Å². The fraction of sp³-hybridized carbons (Fsp3) is 0.333. The molecular formula is C9H10N2. The van der Waals surface area contributed by atoms with Gasteiger partial charge in [0.2, 0.25) is 6.54 Å². The first kappa shape index (κ1) is 7.74. The molecule has 0 aliphatic heterocycles. The molecule has 0 saturated heterocycles. The molecule has 0 radical (unpaired) electrons. The van der Waals surface area contributed by atoms with Crippen LogP contribution in [0.25, 0.3) is 4.85 Å². The zero-order valence-electron chi connectivity index (χ0n) is 6.54. The van der Waals surface area contributed by atoms with Crippen molar-refractivity contribution < 1.29 is 0 Å². The molecule has 0 amide bonds. The lowest BCUT2D eigenvalue weighted by Crippen LogP contribution is -1.89. The number of aromatic nitrogens is 1. The predicted octanol–water partition coefficient (Wildman–Crippen LogP) is 1.85. The summed E-state index contributed by atoms with van der Waals surface area (Å²) in [7, 11) is 0. The molecule has 1 aromatic rings. The molecular weight excluding hydrogens is 136 g/mol. The van der Waals surface area contributed by atoms with Crippen molar-refractivity contribution in [2.24, 2.45) is 0 Å². The van der Waals surface area contributed by atoms with E-state index in [1.54, 1.807) is 6.20 Å². The fourth-order valence-corrected chi connectivity index (χ4v) is 0.945. The first-order chi connectivity index (χ1) is 5.33. The molecule has 0 N–H and O–H groups in total. The van der Waals surface area contributed by atoms with Gasteiger partial charge in [0.1, 0.15) is 0 Å². The summed E-state index contributed by atoms with van der Waals surface area (Å²) in [6, 6.07) is 3.98. The third-order valence-corrected chi connectivity index (χ3v) is 1.47. The number of rotatable bonds is 2. The molecule has 0 aliphatic rings. The lowest BCUT2D eigenvalue weighted by Gasteiger charge is -1.95. The fourth-order valence-electron chi connectivity index (χ4n) is 0.945. The highest BCUT2D eigenvalue weighted by Crippen LogP contribution is 2.01. The predicted molar refractivity (Wildman–Crippen MR) is 44.1 cm³/mol. The van der Waals surface area contributed by atoms with Crippen molar-refractivity contribution in [1.29, 1.82) is 0 Å². The van der Waals surface area contributed by atoms with E-state index in [4.69, 9.17) is 6.57 Å². The topological polar surface area (TPSA) is 17.2 Å². The van der Waals surface area contributed by atoms with E-state index in [2.05, 4.69) is 9.83 Å². The van der Waals surface area contributed by atoms with E-state index in [1.165, 1.54) is 5.56 Å². The Morgan fingerprint density at radius 3 is 3.09 bits per heavy atom. The monoisotopic (exact) mass is 146 g/mol. The molecule has 0 bridgehead atoms. The maximum absolute atomic E-state index is 6.62. The molecule has 0 aliphatic carbocycles. The third-order valence-electron chi connectivity index (χ3n) is 1.47. The van der Waals surface area contributed by atoms with Crippen molar-refractivity contribution in [3.8, 4) is 0 Å². The second-order valence-electron chi connectivity index (χ2n) is 2.44. The second-order valence-corrected chi connectivity index (χ2v) is 2.44. The highest BCUT2D eigenvalue weighted by Gasteiger charge is 1.94. The van der Waals surface area contributed by atoms with Gasteiger partial charge in [0.15, 0.2) is 0 Å². The van der Waals surface area contributed by atoms with Gasteiger partial charge in [-0.25, -0.2) is 6.57 Å². The number of hydrogen-bond acceptors (Lipinski definition) is 1. The standard InChI is InChI=1S/C9H10N2/c1-8-7-9(3-5-10-2)4-6-11-8/h4,6-7H,3,5H2,1H3. The van der Waals surface area contributed by atoms with E-state index >= 15 is 0 Å². The van der Waals surface area contributed by atoms with Gasteiger partial charge in [-0.2, -0.15) is 0 Å². The Balaban J connectivity index is 2.65. The lowest BCUT2D eigenvalue weighted by molar-refractivity contribution is 1.05. The van der Waals surface area contributed by atoms with Crippen LogP contribution in [0.15, 0.2) is 18.3 Å². The summed E-state index contributed by atoms with van der Waals surface area (Å²) in [5, 5.41) is 0. The number of nitrogens with zero attached hydrogens (tertiary/aromatic N) is 2. The van der Waals surface area contributed by atoms with Crippen LogP contribution in [0.5, 0.6) is 0 Å². The average molecular weight is 146 g/mol. The van der Waals surface area contributed by atoms with Gasteiger partial charge in [0.05, 0.1) is 0 Å². The minimum Gasteiger partial charge on any atom is -0.317 e. The van der Waals surface area contributed by atoms with E-state index < -0.39 is 0 Å². The van der Waals surface area contributed by atoms with Crippen LogP contribution in [-0.4, -0.2) is 11.5 Å². The van der Waals surface area contributed by atoms with Crippen molar-refractivity contribution >= 4 is 0 Å². The number of hydrogen-bond donors (Lipinski definition) is 0. The van der Waals surface area contributed by atoms with Crippen LogP contribution in [0.1, 0.15) is 11.3 Å². The van der Waals surface area contributed by atoms with E-state index in [-0.39, 0.29) is 0 Å². The first-order valence-electron chi connectivity index (χ1n) is 3.57. The van der Waals surface area contributed by atoms with Crippen LogP contribution in [0.3, 0.4) is 0 Å². The third kappa shape index (κ3) is 2.38. The zero-order valence-corrected chi connectivity index (χ0v) is 6.54. The van der Waals surface area contributed by atoms with Crippen molar-refractivity contribution in [3.05, 3.63) is 41.0 Å². The molecule has 2 heteroatoms. The van der Waals surface area contributed by atoms with E-state index in [0.29, 0.717) is 6.54 Å². The summed E-state index contributed by atoms with van der Waals surface area (Å²) in [6.45, 7) is 9.15. The highest BCUT2D eigenvalue weighted by molar-refractivity contribution is 5.15. The summed E-state index contributed by atoms with van der Waals surface area (Å²) >= 11 is 0. The van der Waals surface area contributed by atoms with Gasteiger partial charge in [-0.1, -0.05) is 0 Å². The van der Waals surface area contributed by atoms with Crippen molar-refractivity contribution in [2.45, 2.75) is 13.3 Å². The Labute approximate surface area is 66.7 Å². The van der Waals surface area contributed by atoms with Gasteiger partial charge in [0, 0.05) is 18.3 Å². The first-order valence-corrected chi connectivity index (χ1v) is 3.57. The summed E-state index contributed by atoms with van der Waals surface area (Å²) in [5.74, 6) is 0. The minimum absolute atomic E-state index is 0.573. The molecule has 1 heterocycles. The Morgan fingerprint density at radius 2 is 2.45 bits per heavy atom. The van der Waals surface area contributed by atoms with E-state index in [9.17, 15) is 0 Å². The number of aryl methyl sites for hydroxylation is 1. The van der Waals surface area contributed by atoms with Crippen LogP contribution in [0.2, 0.25) is 0 Å². The minimum atomic E-state index is 0.573. The van der Waals surface area contributed by atoms with Crippen molar-refractivity contribution in [3.63, 3.8) is 0 Å². The maximum Gasteiger partial charge on any atom is 0.218 e. The Bertz CT molecular complexity index is 273. The largest absolute Gasteiger partial charge is 0.317 e. The molecule has 0 aromatic carbocycles. The van der Waals surface area contributed by atoms with Crippen molar-refractivity contribution in [1.82, 2.24) is 4.98 Å². The Morgan fingerprint density at radius 1 is 1.64 bits per heavy atom. The lowest BCUT2D eigenvalue weighted by atomic mass is 10.2. The summed E-state index contributed by atoms with van der Waals surface area (Å²) in [4.78, 5) is 7.36. The molecule has 0 atom stereocenters. The molecule has 1 aromatic heterocycles. The van der Waals surface area contributed by atoms with Crippen LogP contribution < -0.4 is 0 Å². The van der Waals surface area contributed by atoms with Gasteiger partial charge >= 0.3 is 0 Å². The molecule has 0 unspecified atom stereocenters. The van der Waals surface area contributed by atoms with Gasteiger partial charge in [-0.3, -0.25) is 4.98 Å². The normalized spacial score (nSPS) is 9.09. The van der Waals surface area contributed by atoms with Crippen LogP contribution in [0, 0.1) is 13.5 Å². The molecule has 2 nitrogen and oxygen atoms in total. The van der Waals surface area contributed by atoms with E-state index in [1.807, 2.05) is 19.1 Å². The maximum atomic E-state index is 6.62. The quantitative estimate of drug-likeness (QED) is 0.582. The second kappa shape index (κ2) is 3.72. The zero-order chi connectivity index (χ0) is 8.10. The van der Waals surface area contributed by atoms with Crippen LogP contribution in [-0.2, 0) is 6.42 Å². The van der Waals surface area contributed by atoms with Gasteiger partial charge in [0.25, 0.3) is 0 Å². The Hall–Kier alpha value is -1.36. The van der Waals surface area contributed by atoms with E-state index in [0.717, 1.165) is 12.1 Å². The van der Waals surface area contributed by atoms with Crippen LogP contribution in [0.4, 0.5) is 0 Å². The Kier molecular flexibility index (Phi) is 2.62.